The molecule has 0 atom stereocenters. The van der Waals surface area contributed by atoms with E-state index in [2.05, 4.69) is 184 Å². The minimum absolute atomic E-state index is 0. The molecule has 4 aromatic rings. The molecule has 0 fully saturated rings. The summed E-state index contributed by atoms with van der Waals surface area (Å²) in [5.41, 5.74) is 11.7. The second-order valence-electron chi connectivity index (χ2n) is 15.5. The van der Waals surface area contributed by atoms with Crippen LogP contribution >= 0.6 is 70.0 Å². The molecule has 0 unspecified atom stereocenters. The van der Waals surface area contributed by atoms with Crippen LogP contribution in [0.1, 0.15) is 81.3 Å². The van der Waals surface area contributed by atoms with Crippen molar-refractivity contribution < 1.29 is 18.3 Å². The van der Waals surface area contributed by atoms with Gasteiger partial charge in [-0.1, -0.05) is 0 Å². The van der Waals surface area contributed by atoms with Crippen LogP contribution in [0.3, 0.4) is 0 Å². The Kier molecular flexibility index (Phi) is 11.4. The monoisotopic (exact) mass is 952 g/mol. The molecule has 0 radical (unpaired) electrons. The van der Waals surface area contributed by atoms with Crippen LogP contribution in [0.4, 0.5) is 0 Å². The van der Waals surface area contributed by atoms with Gasteiger partial charge in [0, 0.05) is 0 Å². The van der Waals surface area contributed by atoms with Gasteiger partial charge in [0.1, 0.15) is 0 Å². The third-order valence-electron chi connectivity index (χ3n) is 10.2. The van der Waals surface area contributed by atoms with E-state index in [9.17, 15) is 0 Å². The van der Waals surface area contributed by atoms with Crippen molar-refractivity contribution >= 4 is 77.5 Å². The number of halogens is 4. The predicted octanol–water partition coefficient (Wildman–Crippen LogP) is 11.9. The Morgan fingerprint density at radius 3 is 1.67 bits per heavy atom. The molecule has 0 spiro atoms. The molecule has 0 nitrogen and oxygen atoms in total. The van der Waals surface area contributed by atoms with Gasteiger partial charge in [0.05, 0.1) is 0 Å². The molecule has 0 amide bonds. The van der Waals surface area contributed by atoms with Crippen molar-refractivity contribution in [1.29, 1.82) is 0 Å². The molecule has 2 aliphatic carbocycles. The average molecular weight is 955 g/mol. The maximum absolute atomic E-state index is 5.71. The van der Waals surface area contributed by atoms with Crippen LogP contribution in [0, 0.1) is 7.14 Å². The van der Waals surface area contributed by atoms with Crippen molar-refractivity contribution in [2.45, 2.75) is 73.5 Å². The molecular formula is C41H46Cl2I2Zr. The first kappa shape index (κ1) is 38.0. The van der Waals surface area contributed by atoms with E-state index >= 15 is 0 Å². The van der Waals surface area contributed by atoms with E-state index in [4.69, 9.17) is 4.21 Å². The third kappa shape index (κ3) is 7.21. The SMILES string of the molecule is Cl.Cl.[CH2]=[Zr]([CH2]c1ccc(I)cc1)([CH2]c1ccc(I)cc1)([C]1=CC=CC1)[c]1cc(C(C)(C)C)cc2c1Cc1ccc(C(C)(C)C)cc1-2. The molecule has 242 valence electrons. The molecular weight excluding hydrogens is 908 g/mol. The van der Waals surface area contributed by atoms with Gasteiger partial charge in [0.15, 0.2) is 0 Å². The van der Waals surface area contributed by atoms with Crippen molar-refractivity contribution in [3.05, 3.63) is 141 Å². The van der Waals surface area contributed by atoms with Gasteiger partial charge in [-0.2, -0.15) is 0 Å². The van der Waals surface area contributed by atoms with Crippen LogP contribution in [-0.2, 0) is 43.8 Å². The maximum atomic E-state index is 5.71. The zero-order valence-corrected chi connectivity index (χ0v) is 36.3. The summed E-state index contributed by atoms with van der Waals surface area (Å²) in [7, 11) is 0. The van der Waals surface area contributed by atoms with E-state index in [1.807, 2.05) is 0 Å². The summed E-state index contributed by atoms with van der Waals surface area (Å²) in [6.45, 7) is 14.1. The number of fused-ring (bicyclic) bond motifs is 3. The van der Waals surface area contributed by atoms with Crippen LogP contribution in [0.15, 0.2) is 100 Å². The van der Waals surface area contributed by atoms with Crippen molar-refractivity contribution in [2.24, 2.45) is 0 Å². The summed E-state index contributed by atoms with van der Waals surface area (Å²) in [6, 6.07) is 31.1. The van der Waals surface area contributed by atoms with E-state index in [0.717, 1.165) is 21.1 Å². The van der Waals surface area contributed by atoms with Crippen LogP contribution in [-0.4, -0.2) is 4.21 Å². The fourth-order valence-electron chi connectivity index (χ4n) is 7.54. The zero-order chi connectivity index (χ0) is 31.5. The Balaban J connectivity index is 0.00000240. The van der Waals surface area contributed by atoms with Gasteiger partial charge in [-0.15, -0.1) is 24.8 Å². The number of allylic oxidation sites excluding steroid dienone is 4. The quantitative estimate of drug-likeness (QED) is 0.149. The van der Waals surface area contributed by atoms with Gasteiger partial charge in [-0.05, 0) is 0 Å². The van der Waals surface area contributed by atoms with Gasteiger partial charge in [0.25, 0.3) is 0 Å². The molecule has 0 aliphatic heterocycles. The van der Waals surface area contributed by atoms with Crippen LogP contribution in [0.25, 0.3) is 11.1 Å². The molecule has 0 bridgehead atoms. The summed E-state index contributed by atoms with van der Waals surface area (Å²) in [6.07, 6.45) is 9.14. The van der Waals surface area contributed by atoms with Crippen molar-refractivity contribution in [1.82, 2.24) is 0 Å². The Hall–Kier alpha value is -0.847. The number of benzene rings is 4. The van der Waals surface area contributed by atoms with Crippen molar-refractivity contribution in [2.75, 3.05) is 0 Å². The Labute approximate surface area is 317 Å². The Morgan fingerprint density at radius 1 is 0.674 bits per heavy atom. The molecule has 0 saturated heterocycles. The third-order valence-corrected chi connectivity index (χ3v) is 27.4. The Bertz CT molecular complexity index is 1830. The Morgan fingerprint density at radius 2 is 1.20 bits per heavy atom. The molecule has 4 aromatic carbocycles. The summed E-state index contributed by atoms with van der Waals surface area (Å²) in [5.74, 6) is 0. The summed E-state index contributed by atoms with van der Waals surface area (Å²) < 4.78 is 13.6. The first-order valence-corrected chi connectivity index (χ1v) is 25.7. The van der Waals surface area contributed by atoms with Gasteiger partial charge in [0.2, 0.25) is 0 Å². The van der Waals surface area contributed by atoms with Crippen LogP contribution < -0.4 is 3.27 Å². The zero-order valence-electron chi connectivity index (χ0n) is 27.8. The summed E-state index contributed by atoms with van der Waals surface area (Å²) in [4.78, 5) is 0. The van der Waals surface area contributed by atoms with E-state index in [-0.39, 0.29) is 35.6 Å². The molecule has 0 aromatic heterocycles. The standard InChI is InChI=1S/C21H25.2C7H6I.C5H5.CH2.2ClH.Zr/c1-20(2,3)16-9-7-14-11-15-8-10-17(21(4,5)6)13-19(15)18(14)12-16;2*1-6-2-4-7(8)5-3-6;1-2-4-5-3-1;;;;/h7,9-10,12-13H,11H2,1-6H3;2*2-5H,1H2;1-3H,4H2;1H2;2*1H;. The van der Waals surface area contributed by atoms with E-state index in [0.29, 0.717) is 0 Å². The number of hydrogen-bond acceptors (Lipinski definition) is 0. The molecule has 2 aliphatic rings. The van der Waals surface area contributed by atoms with Gasteiger partial charge in [-0.3, -0.25) is 0 Å². The summed E-state index contributed by atoms with van der Waals surface area (Å²) in [5, 5.41) is 0. The van der Waals surface area contributed by atoms with Crippen LogP contribution in [0.2, 0.25) is 0 Å². The van der Waals surface area contributed by atoms with E-state index < -0.39 is 18.3 Å². The molecule has 46 heavy (non-hydrogen) atoms. The molecule has 0 heterocycles. The number of rotatable bonds is 6. The molecule has 0 N–H and O–H groups in total. The molecule has 5 heteroatoms. The van der Waals surface area contributed by atoms with Gasteiger partial charge < -0.3 is 0 Å². The molecule has 6 rings (SSSR count). The summed E-state index contributed by atoms with van der Waals surface area (Å²) >= 11 is 0.460. The second-order valence-corrected chi connectivity index (χ2v) is 32.1. The topological polar surface area (TPSA) is 0 Å². The van der Waals surface area contributed by atoms with E-state index in [1.54, 1.807) is 12.1 Å². The first-order chi connectivity index (χ1) is 20.6. The normalized spacial score (nSPS) is 14.2. The van der Waals surface area contributed by atoms with Gasteiger partial charge in [-0.25, -0.2) is 0 Å². The minimum atomic E-state index is -4.41. The average Bonchev–Trinajstić information content (AvgIpc) is 3.63. The molecule has 0 saturated carbocycles. The van der Waals surface area contributed by atoms with E-state index in [1.165, 1.54) is 46.1 Å². The fraction of sp³-hybridized carbons (Fsp3) is 0.293. The van der Waals surface area contributed by atoms with Crippen molar-refractivity contribution in [3.63, 3.8) is 0 Å². The predicted molar refractivity (Wildman–Crippen MR) is 221 cm³/mol. The first-order valence-electron chi connectivity index (χ1n) is 15.9. The van der Waals surface area contributed by atoms with Gasteiger partial charge >= 0.3 is 296 Å². The number of hydrogen-bond donors (Lipinski definition) is 0. The second kappa shape index (κ2) is 13.8. The van der Waals surface area contributed by atoms with Crippen molar-refractivity contribution in [3.8, 4) is 11.1 Å². The van der Waals surface area contributed by atoms with Crippen LogP contribution in [0.5, 0.6) is 0 Å². The fourth-order valence-corrected chi connectivity index (χ4v) is 24.2.